The van der Waals surface area contributed by atoms with Crippen LogP contribution in [0.4, 0.5) is 4.39 Å². The molecular formula is C25H21FN2O4. The summed E-state index contributed by atoms with van der Waals surface area (Å²) in [6.07, 6.45) is 1.49. The Labute approximate surface area is 184 Å². The fraction of sp³-hybridized carbons (Fsp3) is 0.120. The summed E-state index contributed by atoms with van der Waals surface area (Å²) in [6.45, 7) is 2.36. The van der Waals surface area contributed by atoms with E-state index in [1.54, 1.807) is 48.5 Å². The lowest BCUT2D eigenvalue weighted by atomic mass is 10.2. The summed E-state index contributed by atoms with van der Waals surface area (Å²) in [5.74, 6) is 0.381. The minimum atomic E-state index is -0.452. The van der Waals surface area contributed by atoms with E-state index < -0.39 is 5.91 Å². The van der Waals surface area contributed by atoms with Crippen molar-refractivity contribution in [3.63, 3.8) is 0 Å². The number of nitrogens with one attached hydrogen (secondary N) is 1. The van der Waals surface area contributed by atoms with Gasteiger partial charge in [-0.3, -0.25) is 4.79 Å². The molecule has 32 heavy (non-hydrogen) atoms. The number of furan rings is 1. The number of benzene rings is 3. The van der Waals surface area contributed by atoms with Crippen LogP contribution in [0.3, 0.4) is 0 Å². The van der Waals surface area contributed by atoms with Crippen molar-refractivity contribution >= 4 is 23.1 Å². The van der Waals surface area contributed by atoms with Gasteiger partial charge >= 0.3 is 5.91 Å². The molecule has 1 aromatic heterocycles. The Kier molecular flexibility index (Phi) is 6.46. The molecule has 4 aromatic rings. The van der Waals surface area contributed by atoms with Gasteiger partial charge in [-0.05, 0) is 48.9 Å². The van der Waals surface area contributed by atoms with E-state index in [2.05, 4.69) is 10.5 Å². The third-order valence-electron chi connectivity index (χ3n) is 4.64. The summed E-state index contributed by atoms with van der Waals surface area (Å²) in [6, 6.07) is 20.7. The molecule has 3 aromatic carbocycles. The third kappa shape index (κ3) is 4.95. The van der Waals surface area contributed by atoms with E-state index in [0.29, 0.717) is 34.8 Å². The molecule has 0 aliphatic heterocycles. The average molecular weight is 432 g/mol. The van der Waals surface area contributed by atoms with Crippen LogP contribution in [-0.2, 0) is 6.61 Å². The topological polar surface area (TPSA) is 73.1 Å². The molecule has 0 saturated carbocycles. The zero-order valence-corrected chi connectivity index (χ0v) is 17.4. The van der Waals surface area contributed by atoms with Gasteiger partial charge in [0.25, 0.3) is 0 Å². The molecule has 0 fully saturated rings. The molecule has 1 amide bonds. The Morgan fingerprint density at radius 3 is 2.66 bits per heavy atom. The monoisotopic (exact) mass is 432 g/mol. The summed E-state index contributed by atoms with van der Waals surface area (Å²) in [4.78, 5) is 12.3. The largest absolute Gasteiger partial charge is 0.490 e. The number of hydrogen-bond acceptors (Lipinski definition) is 5. The van der Waals surface area contributed by atoms with Gasteiger partial charge in [0.2, 0.25) is 0 Å². The van der Waals surface area contributed by atoms with Gasteiger partial charge in [-0.2, -0.15) is 5.10 Å². The maximum atomic E-state index is 13.8. The number of halogens is 1. The number of ether oxygens (including phenoxy) is 2. The SMILES string of the molecule is CCOc1cc(/C=N/NC(=O)c2cc3ccccc3o2)ccc1OCc1ccccc1F. The molecule has 6 nitrogen and oxygen atoms in total. The van der Waals surface area contributed by atoms with E-state index in [0.717, 1.165) is 5.39 Å². The van der Waals surface area contributed by atoms with Crippen molar-refractivity contribution in [2.24, 2.45) is 5.10 Å². The number of rotatable bonds is 8. The summed E-state index contributed by atoms with van der Waals surface area (Å²) in [7, 11) is 0. The van der Waals surface area contributed by atoms with Gasteiger partial charge in [0, 0.05) is 10.9 Å². The second-order valence-electron chi connectivity index (χ2n) is 6.87. The van der Waals surface area contributed by atoms with Crippen LogP contribution < -0.4 is 14.9 Å². The number of hydrazone groups is 1. The van der Waals surface area contributed by atoms with Crippen molar-refractivity contribution in [3.05, 3.63) is 95.5 Å². The highest BCUT2D eigenvalue weighted by atomic mass is 19.1. The highest BCUT2D eigenvalue weighted by Gasteiger charge is 2.11. The van der Waals surface area contributed by atoms with E-state index in [-0.39, 0.29) is 18.2 Å². The van der Waals surface area contributed by atoms with Crippen molar-refractivity contribution in [3.8, 4) is 11.5 Å². The van der Waals surface area contributed by atoms with E-state index in [9.17, 15) is 9.18 Å². The maximum absolute atomic E-state index is 13.8. The lowest BCUT2D eigenvalue weighted by molar-refractivity contribution is 0.0929. The predicted molar refractivity (Wildman–Crippen MR) is 120 cm³/mol. The highest BCUT2D eigenvalue weighted by molar-refractivity contribution is 5.96. The van der Waals surface area contributed by atoms with Crippen LogP contribution in [-0.4, -0.2) is 18.7 Å². The van der Waals surface area contributed by atoms with Crippen LogP contribution in [0.2, 0.25) is 0 Å². The normalized spacial score (nSPS) is 11.1. The Hall–Kier alpha value is -4.13. The number of amides is 1. The molecule has 7 heteroatoms. The van der Waals surface area contributed by atoms with Crippen LogP contribution in [0.5, 0.6) is 11.5 Å². The number of hydrogen-bond donors (Lipinski definition) is 1. The first-order valence-corrected chi connectivity index (χ1v) is 10.1. The molecule has 0 atom stereocenters. The second kappa shape index (κ2) is 9.78. The van der Waals surface area contributed by atoms with Gasteiger partial charge in [-0.25, -0.2) is 9.82 Å². The van der Waals surface area contributed by atoms with E-state index in [1.807, 2.05) is 25.1 Å². The molecule has 0 aliphatic carbocycles. The molecule has 0 saturated heterocycles. The maximum Gasteiger partial charge on any atom is 0.307 e. The second-order valence-corrected chi connectivity index (χ2v) is 6.87. The fourth-order valence-corrected chi connectivity index (χ4v) is 3.08. The summed E-state index contributed by atoms with van der Waals surface area (Å²) in [5.41, 5.74) is 4.23. The van der Waals surface area contributed by atoms with Gasteiger partial charge in [0.05, 0.1) is 12.8 Å². The van der Waals surface area contributed by atoms with E-state index in [1.165, 1.54) is 12.3 Å². The molecule has 0 radical (unpaired) electrons. The predicted octanol–water partition coefficient (Wildman–Crippen LogP) is 5.31. The number of carbonyl (C=O) groups is 1. The highest BCUT2D eigenvalue weighted by Crippen LogP contribution is 2.29. The van der Waals surface area contributed by atoms with Crippen LogP contribution in [0, 0.1) is 5.82 Å². The van der Waals surface area contributed by atoms with Crippen LogP contribution >= 0.6 is 0 Å². The van der Waals surface area contributed by atoms with Crippen molar-refractivity contribution in [2.75, 3.05) is 6.61 Å². The molecule has 4 rings (SSSR count). The molecule has 0 unspecified atom stereocenters. The van der Waals surface area contributed by atoms with Crippen molar-refractivity contribution < 1.29 is 23.1 Å². The zero-order chi connectivity index (χ0) is 22.3. The lowest BCUT2D eigenvalue weighted by Crippen LogP contribution is -2.16. The van der Waals surface area contributed by atoms with Crippen LogP contribution in [0.1, 0.15) is 28.6 Å². The molecule has 1 heterocycles. The number of nitrogens with zero attached hydrogens (tertiary/aromatic N) is 1. The van der Waals surface area contributed by atoms with E-state index in [4.69, 9.17) is 13.9 Å². The van der Waals surface area contributed by atoms with Gasteiger partial charge in [0.1, 0.15) is 18.0 Å². The molecule has 0 bridgehead atoms. The molecule has 162 valence electrons. The first kappa shape index (κ1) is 21.1. The smallest absolute Gasteiger partial charge is 0.307 e. The standard InChI is InChI=1S/C25H21FN2O4/c1-2-30-23-13-17(11-12-22(23)31-16-19-8-3-5-9-20(19)26)15-27-28-25(29)24-14-18-7-4-6-10-21(18)32-24/h3-15H,2,16H2,1H3,(H,28,29)/b27-15+. The Morgan fingerprint density at radius 2 is 1.84 bits per heavy atom. The van der Waals surface area contributed by atoms with Gasteiger partial charge in [0.15, 0.2) is 17.3 Å². The summed E-state index contributed by atoms with van der Waals surface area (Å²) in [5, 5.41) is 4.84. The Bertz CT molecular complexity index is 1230. The van der Waals surface area contributed by atoms with Crippen molar-refractivity contribution in [2.45, 2.75) is 13.5 Å². The quantitative estimate of drug-likeness (QED) is 0.302. The first-order valence-electron chi connectivity index (χ1n) is 10.1. The third-order valence-corrected chi connectivity index (χ3v) is 4.64. The molecule has 0 spiro atoms. The molecule has 0 aliphatic rings. The van der Waals surface area contributed by atoms with Crippen molar-refractivity contribution in [1.29, 1.82) is 0 Å². The Balaban J connectivity index is 1.42. The minimum Gasteiger partial charge on any atom is -0.490 e. The zero-order valence-electron chi connectivity index (χ0n) is 17.4. The molecular weight excluding hydrogens is 411 g/mol. The van der Waals surface area contributed by atoms with Crippen LogP contribution in [0.25, 0.3) is 11.0 Å². The number of para-hydroxylation sites is 1. The lowest BCUT2D eigenvalue weighted by Gasteiger charge is -2.13. The average Bonchev–Trinajstić information content (AvgIpc) is 3.24. The van der Waals surface area contributed by atoms with E-state index >= 15 is 0 Å². The Morgan fingerprint density at radius 1 is 1.03 bits per heavy atom. The number of carbonyl (C=O) groups excluding carboxylic acids is 1. The fourth-order valence-electron chi connectivity index (χ4n) is 3.08. The van der Waals surface area contributed by atoms with Crippen molar-refractivity contribution in [1.82, 2.24) is 5.43 Å². The van der Waals surface area contributed by atoms with Gasteiger partial charge in [-0.1, -0.05) is 36.4 Å². The first-order chi connectivity index (χ1) is 15.6. The minimum absolute atomic E-state index is 0.0771. The summed E-state index contributed by atoms with van der Waals surface area (Å²) < 4.78 is 30.7. The molecule has 1 N–H and O–H groups in total. The van der Waals surface area contributed by atoms with Crippen LogP contribution in [0.15, 0.2) is 82.3 Å². The van der Waals surface area contributed by atoms with Gasteiger partial charge in [-0.15, -0.1) is 0 Å². The summed E-state index contributed by atoms with van der Waals surface area (Å²) >= 11 is 0. The number of fused-ring (bicyclic) bond motifs is 1. The van der Waals surface area contributed by atoms with Gasteiger partial charge < -0.3 is 13.9 Å².